The first-order valence-corrected chi connectivity index (χ1v) is 11.2. The number of pyridine rings is 1. The van der Waals surface area contributed by atoms with Crippen molar-refractivity contribution in [3.05, 3.63) is 83.1 Å². The zero-order valence-electron chi connectivity index (χ0n) is 16.2. The van der Waals surface area contributed by atoms with E-state index in [1.807, 2.05) is 36.4 Å². The van der Waals surface area contributed by atoms with Crippen LogP contribution in [0.3, 0.4) is 0 Å². The quantitative estimate of drug-likeness (QED) is 0.587. The lowest BCUT2D eigenvalue weighted by molar-refractivity contribution is 0.427. The Labute approximate surface area is 176 Å². The molecule has 0 aliphatic carbocycles. The fraction of sp³-hybridized carbons (Fsp3) is 0.227. The highest BCUT2D eigenvalue weighted by Gasteiger charge is 2.33. The van der Waals surface area contributed by atoms with Crippen molar-refractivity contribution in [3.63, 3.8) is 0 Å². The van der Waals surface area contributed by atoms with Crippen LogP contribution in [0.1, 0.15) is 37.4 Å². The summed E-state index contributed by atoms with van der Waals surface area (Å²) in [5.74, 6) is 0. The number of nitrogens with zero attached hydrogens (tertiary/aromatic N) is 1. The third kappa shape index (κ3) is 4.09. The molecule has 0 bridgehead atoms. The number of aromatic nitrogens is 1. The van der Waals surface area contributed by atoms with Crippen LogP contribution in [-0.2, 0) is 15.4 Å². The minimum absolute atomic E-state index is 0.0570. The Morgan fingerprint density at radius 1 is 1.14 bits per heavy atom. The second-order valence-corrected chi connectivity index (χ2v) is 10.0. The van der Waals surface area contributed by atoms with Gasteiger partial charge in [-0.3, -0.25) is 9.71 Å². The van der Waals surface area contributed by atoms with Gasteiger partial charge in [0.1, 0.15) is 4.90 Å². The molecule has 0 amide bonds. The molecular formula is C22H22ClN3O2S. The fourth-order valence-electron chi connectivity index (χ4n) is 3.80. The highest BCUT2D eigenvalue weighted by molar-refractivity contribution is 7.92. The number of hydrogen-bond acceptors (Lipinski definition) is 4. The van der Waals surface area contributed by atoms with E-state index >= 15 is 0 Å². The van der Waals surface area contributed by atoms with E-state index in [9.17, 15) is 8.42 Å². The van der Waals surface area contributed by atoms with E-state index in [1.54, 1.807) is 18.3 Å². The maximum Gasteiger partial charge on any atom is 0.263 e. The summed E-state index contributed by atoms with van der Waals surface area (Å²) in [5.41, 5.74) is 3.71. The standard InChI is InChI=1S/C22H22ClN3O2S/c1-22(2)13-21(25-20-9-8-16(23)12-19(20)22)15-5-3-6-17(11-15)26-29(27,28)18-7-4-10-24-14-18/h3-12,14,21,25-26H,13H2,1-2H3. The molecular weight excluding hydrogens is 406 g/mol. The van der Waals surface area contributed by atoms with E-state index < -0.39 is 10.0 Å². The second kappa shape index (κ2) is 7.35. The smallest absolute Gasteiger partial charge is 0.263 e. The number of halogens is 1. The summed E-state index contributed by atoms with van der Waals surface area (Å²) < 4.78 is 27.9. The molecule has 0 saturated heterocycles. The Bertz CT molecular complexity index is 1150. The number of rotatable bonds is 4. The van der Waals surface area contributed by atoms with Gasteiger partial charge < -0.3 is 5.32 Å². The van der Waals surface area contributed by atoms with Crippen molar-refractivity contribution in [1.82, 2.24) is 4.98 Å². The highest BCUT2D eigenvalue weighted by Crippen LogP contribution is 2.45. The lowest BCUT2D eigenvalue weighted by Crippen LogP contribution is -2.31. The SMILES string of the molecule is CC1(C)CC(c2cccc(NS(=O)(=O)c3cccnc3)c2)Nc2ccc(Cl)cc21. The Kier molecular flexibility index (Phi) is 5.00. The Balaban J connectivity index is 1.62. The Morgan fingerprint density at radius 2 is 1.97 bits per heavy atom. The van der Waals surface area contributed by atoms with Crippen LogP contribution < -0.4 is 10.0 Å². The van der Waals surface area contributed by atoms with Gasteiger partial charge in [-0.25, -0.2) is 8.42 Å². The van der Waals surface area contributed by atoms with E-state index in [2.05, 4.69) is 28.9 Å². The van der Waals surface area contributed by atoms with Gasteiger partial charge in [-0.2, -0.15) is 0 Å². The molecule has 0 fully saturated rings. The van der Waals surface area contributed by atoms with Crippen LogP contribution in [0.5, 0.6) is 0 Å². The highest BCUT2D eigenvalue weighted by atomic mass is 35.5. The molecule has 0 saturated carbocycles. The minimum Gasteiger partial charge on any atom is -0.378 e. The van der Waals surface area contributed by atoms with Crippen LogP contribution in [0.4, 0.5) is 11.4 Å². The largest absolute Gasteiger partial charge is 0.378 e. The molecule has 4 rings (SSSR count). The van der Waals surface area contributed by atoms with Crippen molar-refractivity contribution in [1.29, 1.82) is 0 Å². The van der Waals surface area contributed by atoms with Gasteiger partial charge in [-0.15, -0.1) is 0 Å². The third-order valence-electron chi connectivity index (χ3n) is 5.24. The second-order valence-electron chi connectivity index (χ2n) is 7.89. The van der Waals surface area contributed by atoms with Crippen LogP contribution in [0.25, 0.3) is 0 Å². The van der Waals surface area contributed by atoms with E-state index in [-0.39, 0.29) is 16.4 Å². The molecule has 2 N–H and O–H groups in total. The van der Waals surface area contributed by atoms with Gasteiger partial charge in [0, 0.05) is 28.8 Å². The molecule has 1 unspecified atom stereocenters. The van der Waals surface area contributed by atoms with Gasteiger partial charge >= 0.3 is 0 Å². The first kappa shape index (κ1) is 19.7. The molecule has 29 heavy (non-hydrogen) atoms. The first-order chi connectivity index (χ1) is 13.7. The Morgan fingerprint density at radius 3 is 2.72 bits per heavy atom. The molecule has 2 heterocycles. The molecule has 1 aliphatic heterocycles. The van der Waals surface area contributed by atoms with Crippen LogP contribution >= 0.6 is 11.6 Å². The minimum atomic E-state index is -3.68. The lowest BCUT2D eigenvalue weighted by atomic mass is 9.74. The number of anilines is 2. The summed E-state index contributed by atoms with van der Waals surface area (Å²) in [6, 6.07) is 16.6. The van der Waals surface area contributed by atoms with E-state index in [4.69, 9.17) is 11.6 Å². The van der Waals surface area contributed by atoms with Crippen molar-refractivity contribution >= 4 is 33.0 Å². The average Bonchev–Trinajstić information content (AvgIpc) is 2.69. The molecule has 0 spiro atoms. The summed E-state index contributed by atoms with van der Waals surface area (Å²) in [6.45, 7) is 4.40. The first-order valence-electron chi connectivity index (χ1n) is 9.34. The van der Waals surface area contributed by atoms with Gasteiger partial charge in [0.25, 0.3) is 10.0 Å². The molecule has 3 aromatic rings. The number of hydrogen-bond donors (Lipinski definition) is 2. The Hall–Kier alpha value is -2.57. The topological polar surface area (TPSA) is 71.1 Å². The van der Waals surface area contributed by atoms with Crippen LogP contribution in [-0.4, -0.2) is 13.4 Å². The molecule has 1 aromatic heterocycles. The normalized spacial score (nSPS) is 17.8. The number of fused-ring (bicyclic) bond motifs is 1. The lowest BCUT2D eigenvalue weighted by Gasteiger charge is -2.39. The van der Waals surface area contributed by atoms with E-state index in [0.717, 1.165) is 22.7 Å². The van der Waals surface area contributed by atoms with Gasteiger partial charge in [0.15, 0.2) is 0 Å². The molecule has 1 aliphatic rings. The number of benzene rings is 2. The van der Waals surface area contributed by atoms with E-state index in [0.29, 0.717) is 5.69 Å². The predicted octanol–water partition coefficient (Wildman–Crippen LogP) is 5.37. The van der Waals surface area contributed by atoms with Crippen molar-refractivity contribution < 1.29 is 8.42 Å². The molecule has 7 heteroatoms. The van der Waals surface area contributed by atoms with Crippen molar-refractivity contribution in [3.8, 4) is 0 Å². The number of nitrogens with one attached hydrogen (secondary N) is 2. The van der Waals surface area contributed by atoms with Crippen LogP contribution in [0.15, 0.2) is 71.9 Å². The molecule has 5 nitrogen and oxygen atoms in total. The molecule has 1 atom stereocenters. The monoisotopic (exact) mass is 427 g/mol. The summed E-state index contributed by atoms with van der Waals surface area (Å²) in [7, 11) is -3.68. The van der Waals surface area contributed by atoms with Crippen LogP contribution in [0, 0.1) is 0 Å². The van der Waals surface area contributed by atoms with Crippen LogP contribution in [0.2, 0.25) is 5.02 Å². The predicted molar refractivity (Wildman–Crippen MR) is 117 cm³/mol. The summed E-state index contributed by atoms with van der Waals surface area (Å²) in [4.78, 5) is 4.02. The summed E-state index contributed by atoms with van der Waals surface area (Å²) >= 11 is 6.19. The number of sulfonamides is 1. The molecule has 2 aromatic carbocycles. The zero-order chi connectivity index (χ0) is 20.6. The van der Waals surface area contributed by atoms with Gasteiger partial charge in [-0.1, -0.05) is 37.6 Å². The summed E-state index contributed by atoms with van der Waals surface area (Å²) in [6.07, 6.45) is 3.74. The van der Waals surface area contributed by atoms with Gasteiger partial charge in [0.05, 0.1) is 6.04 Å². The third-order valence-corrected chi connectivity index (χ3v) is 6.84. The molecule has 150 valence electrons. The maximum absolute atomic E-state index is 12.6. The zero-order valence-corrected chi connectivity index (χ0v) is 17.8. The summed E-state index contributed by atoms with van der Waals surface area (Å²) in [5, 5.41) is 4.30. The average molecular weight is 428 g/mol. The van der Waals surface area contributed by atoms with Gasteiger partial charge in [0.2, 0.25) is 0 Å². The maximum atomic E-state index is 12.6. The van der Waals surface area contributed by atoms with Crippen molar-refractivity contribution in [2.75, 3.05) is 10.0 Å². The van der Waals surface area contributed by atoms with Crippen molar-refractivity contribution in [2.24, 2.45) is 0 Å². The van der Waals surface area contributed by atoms with E-state index in [1.165, 1.54) is 17.8 Å². The van der Waals surface area contributed by atoms with Crippen molar-refractivity contribution in [2.45, 2.75) is 36.6 Å². The fourth-order valence-corrected chi connectivity index (χ4v) is 4.99. The van der Waals surface area contributed by atoms with Gasteiger partial charge in [-0.05, 0) is 65.4 Å². The molecule has 0 radical (unpaired) electrons.